The molecule has 0 aromatic heterocycles. The van der Waals surface area contributed by atoms with E-state index in [1.807, 2.05) is 42.5 Å². The summed E-state index contributed by atoms with van der Waals surface area (Å²) >= 11 is 5.95. The zero-order valence-corrected chi connectivity index (χ0v) is 11.1. The number of benzene rings is 3. The topological polar surface area (TPSA) is 9.23 Å². The van der Waals surface area contributed by atoms with E-state index >= 15 is 0 Å². The normalized spacial score (nSPS) is 10.6. The molecule has 0 saturated heterocycles. The maximum absolute atomic E-state index is 5.95. The van der Waals surface area contributed by atoms with Gasteiger partial charge in [0.1, 0.15) is 12.4 Å². The molecule has 0 heterocycles. The molecule has 3 rings (SSSR count). The lowest BCUT2D eigenvalue weighted by atomic mass is 10.1. The van der Waals surface area contributed by atoms with Crippen LogP contribution in [0.2, 0.25) is 5.02 Å². The second kappa shape index (κ2) is 5.33. The van der Waals surface area contributed by atoms with Crippen LogP contribution in [0.15, 0.2) is 66.7 Å². The van der Waals surface area contributed by atoms with Gasteiger partial charge in [0.05, 0.1) is 0 Å². The van der Waals surface area contributed by atoms with Crippen molar-refractivity contribution in [1.29, 1.82) is 0 Å². The summed E-state index contributed by atoms with van der Waals surface area (Å²) in [5.41, 5.74) is 1.07. The van der Waals surface area contributed by atoms with Crippen molar-refractivity contribution in [2.75, 3.05) is 0 Å². The largest absolute Gasteiger partial charge is 0.489 e. The van der Waals surface area contributed by atoms with Gasteiger partial charge in [0, 0.05) is 5.02 Å². The van der Waals surface area contributed by atoms with Crippen molar-refractivity contribution < 1.29 is 4.74 Å². The molecule has 3 aromatic rings. The molecule has 19 heavy (non-hydrogen) atoms. The smallest absolute Gasteiger partial charge is 0.120 e. The molecule has 0 fully saturated rings. The summed E-state index contributed by atoms with van der Waals surface area (Å²) in [6.07, 6.45) is 0. The van der Waals surface area contributed by atoms with Gasteiger partial charge in [-0.1, -0.05) is 54.1 Å². The minimum absolute atomic E-state index is 0.527. The Kier molecular flexibility index (Phi) is 3.39. The van der Waals surface area contributed by atoms with Gasteiger partial charge in [-0.05, 0) is 40.6 Å². The van der Waals surface area contributed by atoms with Crippen LogP contribution in [-0.2, 0) is 6.61 Å². The van der Waals surface area contributed by atoms with E-state index in [0.717, 1.165) is 16.3 Å². The monoisotopic (exact) mass is 268 g/mol. The summed E-state index contributed by atoms with van der Waals surface area (Å²) in [5.74, 6) is 0.874. The highest BCUT2D eigenvalue weighted by Gasteiger charge is 1.99. The zero-order valence-electron chi connectivity index (χ0n) is 10.3. The molecular formula is C17H13ClO. The Hall–Kier alpha value is -1.99. The van der Waals surface area contributed by atoms with Gasteiger partial charge in [-0.2, -0.15) is 0 Å². The zero-order chi connectivity index (χ0) is 13.1. The van der Waals surface area contributed by atoms with Crippen molar-refractivity contribution >= 4 is 22.4 Å². The quantitative estimate of drug-likeness (QED) is 0.644. The number of halogens is 1. The Morgan fingerprint density at radius 2 is 1.63 bits per heavy atom. The van der Waals surface area contributed by atoms with E-state index in [4.69, 9.17) is 16.3 Å². The first-order valence-corrected chi connectivity index (χ1v) is 6.55. The van der Waals surface area contributed by atoms with E-state index in [9.17, 15) is 0 Å². The molecule has 0 radical (unpaired) electrons. The van der Waals surface area contributed by atoms with Gasteiger partial charge in [0.15, 0.2) is 0 Å². The molecule has 2 heteroatoms. The lowest BCUT2D eigenvalue weighted by molar-refractivity contribution is 0.306. The summed E-state index contributed by atoms with van der Waals surface area (Å²) in [5, 5.41) is 3.14. The highest BCUT2D eigenvalue weighted by molar-refractivity contribution is 6.30. The number of fused-ring (bicyclic) bond motifs is 1. The third kappa shape index (κ3) is 2.88. The first-order chi connectivity index (χ1) is 9.31. The first kappa shape index (κ1) is 12.1. The third-order valence-electron chi connectivity index (χ3n) is 3.02. The van der Waals surface area contributed by atoms with E-state index in [-0.39, 0.29) is 0 Å². The van der Waals surface area contributed by atoms with E-state index < -0.39 is 0 Å². The summed E-state index contributed by atoms with van der Waals surface area (Å²) < 4.78 is 5.80. The lowest BCUT2D eigenvalue weighted by Crippen LogP contribution is -1.95. The maximum Gasteiger partial charge on any atom is 0.120 e. The van der Waals surface area contributed by atoms with Crippen molar-refractivity contribution in [3.63, 3.8) is 0 Å². The molecule has 0 aliphatic rings. The van der Waals surface area contributed by atoms with Crippen molar-refractivity contribution in [3.8, 4) is 5.75 Å². The first-order valence-electron chi connectivity index (χ1n) is 6.17. The Labute approximate surface area is 117 Å². The van der Waals surface area contributed by atoms with Crippen molar-refractivity contribution in [2.45, 2.75) is 6.61 Å². The van der Waals surface area contributed by atoms with E-state index in [1.165, 1.54) is 10.8 Å². The van der Waals surface area contributed by atoms with Gasteiger partial charge in [-0.25, -0.2) is 0 Å². The minimum Gasteiger partial charge on any atom is -0.489 e. The van der Waals surface area contributed by atoms with Gasteiger partial charge in [0.2, 0.25) is 0 Å². The van der Waals surface area contributed by atoms with Crippen LogP contribution in [0.5, 0.6) is 5.75 Å². The molecule has 0 spiro atoms. The Bertz CT molecular complexity index is 706. The van der Waals surface area contributed by atoms with Crippen molar-refractivity contribution in [3.05, 3.63) is 77.3 Å². The standard InChI is InChI=1S/C17H13ClO/c18-16-7-3-4-13(10-16)12-19-17-9-8-14-5-1-2-6-15(14)11-17/h1-11H,12H2. The maximum atomic E-state index is 5.95. The summed E-state index contributed by atoms with van der Waals surface area (Å²) in [6.45, 7) is 0.527. The summed E-state index contributed by atoms with van der Waals surface area (Å²) in [6, 6.07) is 22.1. The molecule has 0 N–H and O–H groups in total. The van der Waals surface area contributed by atoms with Crippen LogP contribution < -0.4 is 4.74 Å². The predicted octanol–water partition coefficient (Wildman–Crippen LogP) is 5.07. The molecule has 0 amide bonds. The van der Waals surface area contributed by atoms with Crippen molar-refractivity contribution in [1.82, 2.24) is 0 Å². The van der Waals surface area contributed by atoms with Crippen molar-refractivity contribution in [2.24, 2.45) is 0 Å². The van der Waals surface area contributed by atoms with Gasteiger partial charge < -0.3 is 4.74 Å². The second-order valence-corrected chi connectivity index (χ2v) is 4.86. The molecule has 0 aliphatic carbocycles. The molecule has 0 bridgehead atoms. The van der Waals surface area contributed by atoms with Crippen LogP contribution in [0.1, 0.15) is 5.56 Å². The van der Waals surface area contributed by atoms with Gasteiger partial charge >= 0.3 is 0 Å². The van der Waals surface area contributed by atoms with E-state index in [1.54, 1.807) is 0 Å². The lowest BCUT2D eigenvalue weighted by Gasteiger charge is -2.07. The molecule has 0 unspecified atom stereocenters. The van der Waals surface area contributed by atoms with Crippen LogP contribution in [0.25, 0.3) is 10.8 Å². The Morgan fingerprint density at radius 3 is 2.47 bits per heavy atom. The fourth-order valence-electron chi connectivity index (χ4n) is 2.05. The summed E-state index contributed by atoms with van der Waals surface area (Å²) in [4.78, 5) is 0. The average molecular weight is 269 g/mol. The highest BCUT2D eigenvalue weighted by atomic mass is 35.5. The molecule has 0 atom stereocenters. The number of rotatable bonds is 3. The van der Waals surface area contributed by atoms with Crippen LogP contribution in [-0.4, -0.2) is 0 Å². The SMILES string of the molecule is Clc1cccc(COc2ccc3ccccc3c2)c1. The molecular weight excluding hydrogens is 256 g/mol. The molecule has 0 saturated carbocycles. The van der Waals surface area contributed by atoms with Gasteiger partial charge in [0.25, 0.3) is 0 Å². The van der Waals surface area contributed by atoms with Crippen LogP contribution >= 0.6 is 11.6 Å². The van der Waals surface area contributed by atoms with Gasteiger partial charge in [-0.15, -0.1) is 0 Å². The second-order valence-electron chi connectivity index (χ2n) is 4.43. The fraction of sp³-hybridized carbons (Fsp3) is 0.0588. The van der Waals surface area contributed by atoms with E-state index in [2.05, 4.69) is 24.3 Å². The number of hydrogen-bond acceptors (Lipinski definition) is 1. The Balaban J connectivity index is 1.78. The molecule has 0 aliphatic heterocycles. The Morgan fingerprint density at radius 1 is 0.789 bits per heavy atom. The number of ether oxygens (including phenoxy) is 1. The fourth-order valence-corrected chi connectivity index (χ4v) is 2.26. The molecule has 3 aromatic carbocycles. The average Bonchev–Trinajstić information content (AvgIpc) is 2.45. The third-order valence-corrected chi connectivity index (χ3v) is 3.25. The number of hydrogen-bond donors (Lipinski definition) is 0. The van der Waals surface area contributed by atoms with E-state index in [0.29, 0.717) is 6.61 Å². The predicted molar refractivity (Wildman–Crippen MR) is 79.7 cm³/mol. The molecule has 1 nitrogen and oxygen atoms in total. The summed E-state index contributed by atoms with van der Waals surface area (Å²) in [7, 11) is 0. The van der Waals surface area contributed by atoms with Gasteiger partial charge in [-0.3, -0.25) is 0 Å². The van der Waals surface area contributed by atoms with Crippen LogP contribution in [0.3, 0.4) is 0 Å². The van der Waals surface area contributed by atoms with Crippen LogP contribution in [0.4, 0.5) is 0 Å². The highest BCUT2D eigenvalue weighted by Crippen LogP contribution is 2.21. The van der Waals surface area contributed by atoms with Crippen LogP contribution in [0, 0.1) is 0 Å². The molecule has 94 valence electrons. The minimum atomic E-state index is 0.527.